The minimum absolute atomic E-state index is 0.0717. The number of hydrogen-bond donors (Lipinski definition) is 1. The summed E-state index contributed by atoms with van der Waals surface area (Å²) < 4.78 is 0. The van der Waals surface area contributed by atoms with Gasteiger partial charge in [0.2, 0.25) is 5.91 Å². The van der Waals surface area contributed by atoms with Gasteiger partial charge in [-0.2, -0.15) is 0 Å². The minimum atomic E-state index is -0.768. The first-order valence-corrected chi connectivity index (χ1v) is 6.94. The lowest BCUT2D eigenvalue weighted by atomic mass is 9.85. The Morgan fingerprint density at radius 1 is 1.35 bits per heavy atom. The van der Waals surface area contributed by atoms with Crippen LogP contribution in [0.3, 0.4) is 0 Å². The van der Waals surface area contributed by atoms with Crippen molar-refractivity contribution < 1.29 is 14.7 Å². The number of pyridine rings is 1. The first-order chi connectivity index (χ1) is 9.49. The van der Waals surface area contributed by atoms with Crippen molar-refractivity contribution in [1.29, 1.82) is 0 Å². The Labute approximate surface area is 118 Å². The summed E-state index contributed by atoms with van der Waals surface area (Å²) in [5.41, 5.74) is 1.03. The molecular weight excluding hydrogens is 256 g/mol. The second-order valence-corrected chi connectivity index (χ2v) is 5.44. The Bertz CT molecular complexity index is 498. The van der Waals surface area contributed by atoms with Crippen LogP contribution in [0.1, 0.15) is 38.2 Å². The molecule has 108 valence electrons. The van der Waals surface area contributed by atoms with Gasteiger partial charge in [0.1, 0.15) is 5.82 Å². The highest BCUT2D eigenvalue weighted by Gasteiger charge is 2.32. The van der Waals surface area contributed by atoms with Crippen LogP contribution in [-0.4, -0.2) is 28.0 Å². The van der Waals surface area contributed by atoms with E-state index < -0.39 is 5.97 Å². The summed E-state index contributed by atoms with van der Waals surface area (Å²) in [5, 5.41) is 9.16. The van der Waals surface area contributed by atoms with Crippen molar-refractivity contribution in [3.05, 3.63) is 23.9 Å². The molecule has 0 aromatic carbocycles. The van der Waals surface area contributed by atoms with E-state index in [0.717, 1.165) is 18.4 Å². The average Bonchev–Trinajstić information content (AvgIpc) is 2.41. The zero-order valence-electron chi connectivity index (χ0n) is 11.9. The molecule has 1 aliphatic carbocycles. The van der Waals surface area contributed by atoms with Crippen LogP contribution < -0.4 is 4.90 Å². The van der Waals surface area contributed by atoms with Crippen molar-refractivity contribution in [2.75, 3.05) is 4.90 Å². The van der Waals surface area contributed by atoms with Crippen molar-refractivity contribution in [1.82, 2.24) is 4.98 Å². The third kappa shape index (κ3) is 3.15. The van der Waals surface area contributed by atoms with Gasteiger partial charge >= 0.3 is 5.97 Å². The Morgan fingerprint density at radius 2 is 2.10 bits per heavy atom. The number of carboxylic acid groups (broad SMARTS) is 1. The molecule has 0 unspecified atom stereocenters. The SMILES string of the molecule is CC(=O)N(c1ccc(C)cn1)[C@H]1CCC[C@@H](C(=O)O)C1. The highest BCUT2D eigenvalue weighted by Crippen LogP contribution is 2.30. The van der Waals surface area contributed by atoms with Gasteiger partial charge in [0.15, 0.2) is 0 Å². The lowest BCUT2D eigenvalue weighted by Gasteiger charge is -2.35. The molecule has 20 heavy (non-hydrogen) atoms. The number of anilines is 1. The lowest BCUT2D eigenvalue weighted by Crippen LogP contribution is -2.43. The molecule has 2 rings (SSSR count). The topological polar surface area (TPSA) is 70.5 Å². The summed E-state index contributed by atoms with van der Waals surface area (Å²) in [5.74, 6) is -0.604. The maximum atomic E-state index is 11.9. The molecule has 1 fully saturated rings. The van der Waals surface area contributed by atoms with E-state index in [4.69, 9.17) is 5.11 Å². The minimum Gasteiger partial charge on any atom is -0.481 e. The predicted molar refractivity (Wildman–Crippen MR) is 75.5 cm³/mol. The number of nitrogens with zero attached hydrogens (tertiary/aromatic N) is 2. The van der Waals surface area contributed by atoms with E-state index >= 15 is 0 Å². The summed E-state index contributed by atoms with van der Waals surface area (Å²) in [7, 11) is 0. The Hall–Kier alpha value is -1.91. The van der Waals surface area contributed by atoms with Gasteiger partial charge in [-0.05, 0) is 37.8 Å². The van der Waals surface area contributed by atoms with E-state index in [1.165, 1.54) is 6.92 Å². The van der Waals surface area contributed by atoms with E-state index in [2.05, 4.69) is 4.98 Å². The quantitative estimate of drug-likeness (QED) is 0.920. The first kappa shape index (κ1) is 14.5. The Balaban J connectivity index is 2.22. The van der Waals surface area contributed by atoms with Gasteiger partial charge in [-0.25, -0.2) is 4.98 Å². The smallest absolute Gasteiger partial charge is 0.306 e. The van der Waals surface area contributed by atoms with E-state index in [-0.39, 0.29) is 17.9 Å². The molecule has 1 N–H and O–H groups in total. The molecule has 5 nitrogen and oxygen atoms in total. The van der Waals surface area contributed by atoms with E-state index in [1.54, 1.807) is 11.1 Å². The third-order valence-corrected chi connectivity index (χ3v) is 3.84. The van der Waals surface area contributed by atoms with Gasteiger partial charge in [-0.1, -0.05) is 12.5 Å². The number of rotatable bonds is 3. The molecule has 0 aliphatic heterocycles. The maximum Gasteiger partial charge on any atom is 0.306 e. The fourth-order valence-corrected chi connectivity index (χ4v) is 2.83. The molecule has 1 heterocycles. The standard InChI is InChI=1S/C15H20N2O3/c1-10-6-7-14(16-9-10)17(11(2)18)13-5-3-4-12(8-13)15(19)20/h6-7,9,12-13H,3-5,8H2,1-2H3,(H,19,20)/t12-,13+/m1/s1. The third-order valence-electron chi connectivity index (χ3n) is 3.84. The summed E-state index contributed by atoms with van der Waals surface area (Å²) >= 11 is 0. The van der Waals surface area contributed by atoms with E-state index in [1.807, 2.05) is 19.1 Å². The van der Waals surface area contributed by atoms with Crippen LogP contribution in [0.4, 0.5) is 5.82 Å². The van der Waals surface area contributed by atoms with Crippen LogP contribution in [0.5, 0.6) is 0 Å². The summed E-state index contributed by atoms with van der Waals surface area (Å²) in [4.78, 5) is 29.0. The second-order valence-electron chi connectivity index (χ2n) is 5.44. The van der Waals surface area contributed by atoms with E-state index in [0.29, 0.717) is 18.7 Å². The average molecular weight is 276 g/mol. The second kappa shape index (κ2) is 6.03. The first-order valence-electron chi connectivity index (χ1n) is 6.94. The number of aliphatic carboxylic acids is 1. The molecule has 0 saturated heterocycles. The van der Waals surface area contributed by atoms with Crippen molar-refractivity contribution in [2.24, 2.45) is 5.92 Å². The van der Waals surface area contributed by atoms with Gasteiger partial charge in [-0.3, -0.25) is 14.5 Å². The number of hydrogen-bond acceptors (Lipinski definition) is 3. The van der Waals surface area contributed by atoms with Gasteiger partial charge in [-0.15, -0.1) is 0 Å². The van der Waals surface area contributed by atoms with Crippen LogP contribution in [0.25, 0.3) is 0 Å². The molecule has 0 bridgehead atoms. The van der Waals surface area contributed by atoms with E-state index in [9.17, 15) is 9.59 Å². The maximum absolute atomic E-state index is 11.9. The molecule has 5 heteroatoms. The molecule has 0 spiro atoms. The predicted octanol–water partition coefficient (Wildman–Crippen LogP) is 2.39. The fourth-order valence-electron chi connectivity index (χ4n) is 2.83. The van der Waals surface area contributed by atoms with Gasteiger partial charge < -0.3 is 5.11 Å². The normalized spacial score (nSPS) is 22.3. The van der Waals surface area contributed by atoms with Crippen molar-refractivity contribution in [3.63, 3.8) is 0 Å². The van der Waals surface area contributed by atoms with Crippen LogP contribution >= 0.6 is 0 Å². The van der Waals surface area contributed by atoms with Gasteiger partial charge in [0, 0.05) is 19.2 Å². The summed E-state index contributed by atoms with van der Waals surface area (Å²) in [6.45, 7) is 3.45. The van der Waals surface area contributed by atoms with Crippen LogP contribution in [0.2, 0.25) is 0 Å². The Morgan fingerprint density at radius 3 is 2.65 bits per heavy atom. The number of carboxylic acids is 1. The molecule has 2 atom stereocenters. The molecule has 1 amide bonds. The number of carbonyl (C=O) groups excluding carboxylic acids is 1. The summed E-state index contributed by atoms with van der Waals surface area (Å²) in [6, 6.07) is 3.66. The van der Waals surface area contributed by atoms with Crippen molar-refractivity contribution >= 4 is 17.7 Å². The van der Waals surface area contributed by atoms with Crippen LogP contribution in [0.15, 0.2) is 18.3 Å². The molecular formula is C15H20N2O3. The van der Waals surface area contributed by atoms with Gasteiger partial charge in [0.05, 0.1) is 5.92 Å². The largest absolute Gasteiger partial charge is 0.481 e. The molecule has 1 saturated carbocycles. The zero-order chi connectivity index (χ0) is 14.7. The Kier molecular flexibility index (Phi) is 4.37. The monoisotopic (exact) mass is 276 g/mol. The highest BCUT2D eigenvalue weighted by molar-refractivity contribution is 5.91. The highest BCUT2D eigenvalue weighted by atomic mass is 16.4. The number of aromatic nitrogens is 1. The molecule has 1 aliphatic rings. The molecule has 1 aromatic rings. The van der Waals surface area contributed by atoms with Gasteiger partial charge in [0.25, 0.3) is 0 Å². The number of amides is 1. The number of carbonyl (C=O) groups is 2. The molecule has 1 aromatic heterocycles. The lowest BCUT2D eigenvalue weighted by molar-refractivity contribution is -0.143. The number of aryl methyl sites for hydroxylation is 1. The summed E-state index contributed by atoms with van der Waals surface area (Å²) in [6.07, 6.45) is 4.59. The van der Waals surface area contributed by atoms with Crippen molar-refractivity contribution in [3.8, 4) is 0 Å². The molecule has 0 radical (unpaired) electrons. The zero-order valence-corrected chi connectivity index (χ0v) is 11.9. The van der Waals surface area contributed by atoms with Crippen LogP contribution in [-0.2, 0) is 9.59 Å². The fraction of sp³-hybridized carbons (Fsp3) is 0.533. The van der Waals surface area contributed by atoms with Crippen LogP contribution in [0, 0.1) is 12.8 Å². The van der Waals surface area contributed by atoms with Crippen molar-refractivity contribution in [2.45, 2.75) is 45.6 Å².